The summed E-state index contributed by atoms with van der Waals surface area (Å²) in [6.07, 6.45) is 4.97. The van der Waals surface area contributed by atoms with Gasteiger partial charge in [-0.05, 0) is 0 Å². The minimum absolute atomic E-state index is 0.709. The summed E-state index contributed by atoms with van der Waals surface area (Å²) in [5.74, 6) is 0. The minimum atomic E-state index is -3.86. The number of hydrogen-bond acceptors (Lipinski definition) is 4. The maximum atomic E-state index is 13.7. The maximum absolute atomic E-state index is 13.7. The first-order valence-electron chi connectivity index (χ1n) is 11.2. The first-order valence-corrected chi connectivity index (χ1v) is 15.0. The summed E-state index contributed by atoms with van der Waals surface area (Å²) < 4.78 is 31.4. The Balaban J connectivity index is 2.44. The van der Waals surface area contributed by atoms with Gasteiger partial charge in [-0.1, -0.05) is 0 Å². The fourth-order valence-corrected chi connectivity index (χ4v) is 13.3. The monoisotopic (exact) mass is 472 g/mol. The average Bonchev–Trinajstić information content (AvgIpc) is 2.87. The molecule has 0 aromatic heterocycles. The third-order valence-electron chi connectivity index (χ3n) is 6.07. The van der Waals surface area contributed by atoms with Crippen LogP contribution in [0.25, 0.3) is 0 Å². The molecule has 0 N–H and O–H groups in total. The van der Waals surface area contributed by atoms with Crippen LogP contribution in [0, 0.1) is 0 Å². The average molecular weight is 473 g/mol. The molecule has 3 aromatic rings. The fraction of sp³-hybridized carbons (Fsp3) is 0.308. The molecule has 4 nitrogen and oxygen atoms in total. The molecule has 0 bridgehead atoms. The first-order chi connectivity index (χ1) is 15.5. The molecule has 3 aromatic carbocycles. The van der Waals surface area contributed by atoms with Crippen molar-refractivity contribution in [3.63, 3.8) is 0 Å². The van der Waals surface area contributed by atoms with Gasteiger partial charge in [0.2, 0.25) is 0 Å². The molecule has 172 valence electrons. The third-order valence-corrected chi connectivity index (χ3v) is 14.6. The molecular weight excluding hydrogens is 438 g/mol. The zero-order chi connectivity index (χ0) is 22.9. The van der Waals surface area contributed by atoms with E-state index in [1.165, 1.54) is 14.2 Å². The van der Waals surface area contributed by atoms with Crippen LogP contribution in [0.15, 0.2) is 91.0 Å². The molecule has 0 aliphatic heterocycles. The van der Waals surface area contributed by atoms with Gasteiger partial charge < -0.3 is 0 Å². The number of benzene rings is 3. The molecule has 32 heavy (non-hydrogen) atoms. The Labute approximate surface area is 192 Å². The Morgan fingerprint density at radius 1 is 0.656 bits per heavy atom. The molecular formula is C26H34O4P2. The summed E-state index contributed by atoms with van der Waals surface area (Å²) >= 11 is 0. The molecule has 0 amide bonds. The second-order valence-electron chi connectivity index (χ2n) is 7.90. The van der Waals surface area contributed by atoms with Crippen molar-refractivity contribution < 1.29 is 17.9 Å². The van der Waals surface area contributed by atoms with E-state index in [4.69, 9.17) is 13.4 Å². The Morgan fingerprint density at radius 2 is 1.06 bits per heavy atom. The van der Waals surface area contributed by atoms with Gasteiger partial charge in [0.1, 0.15) is 0 Å². The van der Waals surface area contributed by atoms with Crippen LogP contribution in [-0.2, 0) is 17.9 Å². The molecule has 0 atom stereocenters. The van der Waals surface area contributed by atoms with E-state index in [1.54, 1.807) is 0 Å². The molecule has 0 saturated heterocycles. The number of rotatable bonds is 12. The predicted octanol–water partition coefficient (Wildman–Crippen LogP) is 6.43. The van der Waals surface area contributed by atoms with Crippen LogP contribution in [0.5, 0.6) is 0 Å². The van der Waals surface area contributed by atoms with Crippen molar-refractivity contribution in [2.75, 3.05) is 20.4 Å². The number of phosphoric acid groups is 1. The fourth-order valence-electron chi connectivity index (χ4n) is 4.45. The van der Waals surface area contributed by atoms with Crippen molar-refractivity contribution in [3.8, 4) is 0 Å². The van der Waals surface area contributed by atoms with Crippen molar-refractivity contribution in [1.29, 1.82) is 0 Å². The Kier molecular flexibility index (Phi) is 8.44. The van der Waals surface area contributed by atoms with E-state index in [1.807, 2.05) is 54.6 Å². The summed E-state index contributed by atoms with van der Waals surface area (Å²) in [4.78, 5) is 0. The number of phosphoric ester groups is 1. The van der Waals surface area contributed by atoms with Crippen molar-refractivity contribution in [3.05, 3.63) is 91.0 Å². The van der Waals surface area contributed by atoms with E-state index in [0.717, 1.165) is 41.6 Å². The summed E-state index contributed by atoms with van der Waals surface area (Å²) in [7, 11) is -1.10. The number of unbranched alkanes of at least 4 members (excludes halogenated alkanes) is 3. The van der Waals surface area contributed by atoms with Gasteiger partial charge >= 0.3 is 192 Å². The Hall–Kier alpha value is -1.80. The van der Waals surface area contributed by atoms with Gasteiger partial charge in [-0.3, -0.25) is 0 Å². The van der Waals surface area contributed by atoms with Crippen molar-refractivity contribution in [1.82, 2.24) is 0 Å². The van der Waals surface area contributed by atoms with E-state index in [2.05, 4.69) is 43.3 Å². The van der Waals surface area contributed by atoms with Crippen molar-refractivity contribution in [2.45, 2.75) is 32.6 Å². The van der Waals surface area contributed by atoms with Gasteiger partial charge in [-0.2, -0.15) is 0 Å². The molecule has 6 heteroatoms. The van der Waals surface area contributed by atoms with Crippen LogP contribution < -0.4 is 15.9 Å². The first kappa shape index (κ1) is 24.8. The summed E-state index contributed by atoms with van der Waals surface area (Å²) in [5.41, 5.74) is 0. The molecule has 0 aliphatic carbocycles. The number of hydrogen-bond donors (Lipinski definition) is 0. The van der Waals surface area contributed by atoms with E-state index in [9.17, 15) is 4.57 Å². The molecule has 0 radical (unpaired) electrons. The molecule has 0 heterocycles. The van der Waals surface area contributed by atoms with Gasteiger partial charge in [0.05, 0.1) is 0 Å². The van der Waals surface area contributed by atoms with Gasteiger partial charge in [0.25, 0.3) is 0 Å². The standard InChI is InChI=1S/C26H34O4P2/c1-4-5-6-16-23-32(24-17-10-7-11-18-24,25-19-12-8-13-20-25,26-21-14-9-15-22-26)30-31(27,28-2)29-3/h7-15,17-22H,4-6,16,23H2,1-3H3. The topological polar surface area (TPSA) is 44.8 Å². The second kappa shape index (κ2) is 10.9. The Morgan fingerprint density at radius 3 is 1.41 bits per heavy atom. The van der Waals surface area contributed by atoms with Crippen LogP contribution in [0.1, 0.15) is 32.6 Å². The van der Waals surface area contributed by atoms with Crippen molar-refractivity contribution >= 4 is 30.6 Å². The SMILES string of the molecule is CCCCCCP(OP(=O)(OC)OC)(c1ccccc1)(c1ccccc1)c1ccccc1. The van der Waals surface area contributed by atoms with E-state index in [0.29, 0.717) is 6.16 Å². The molecule has 3 rings (SSSR count). The summed E-state index contributed by atoms with van der Waals surface area (Å²) in [5, 5.41) is 3.05. The van der Waals surface area contributed by atoms with Crippen LogP contribution in [-0.4, -0.2) is 20.4 Å². The summed E-state index contributed by atoms with van der Waals surface area (Å²) in [6, 6.07) is 30.6. The van der Waals surface area contributed by atoms with E-state index in [-0.39, 0.29) is 0 Å². The third kappa shape index (κ3) is 4.62. The zero-order valence-electron chi connectivity index (χ0n) is 19.2. The van der Waals surface area contributed by atoms with Gasteiger partial charge in [-0.25, -0.2) is 0 Å². The van der Waals surface area contributed by atoms with Gasteiger partial charge in [0, 0.05) is 0 Å². The van der Waals surface area contributed by atoms with Crippen LogP contribution >= 0.6 is 14.7 Å². The molecule has 0 aliphatic rings. The molecule has 0 fully saturated rings. The van der Waals surface area contributed by atoms with Crippen LogP contribution in [0.4, 0.5) is 0 Å². The summed E-state index contributed by atoms with van der Waals surface area (Å²) in [6.45, 7) is -1.54. The van der Waals surface area contributed by atoms with Crippen LogP contribution in [0.2, 0.25) is 0 Å². The Bertz CT molecular complexity index is 902. The van der Waals surface area contributed by atoms with E-state index >= 15 is 0 Å². The molecule has 0 spiro atoms. The van der Waals surface area contributed by atoms with Crippen LogP contribution in [0.3, 0.4) is 0 Å². The second-order valence-corrected chi connectivity index (χ2v) is 14.6. The predicted molar refractivity (Wildman–Crippen MR) is 137 cm³/mol. The molecule has 0 saturated carbocycles. The molecule has 0 unspecified atom stereocenters. The zero-order valence-corrected chi connectivity index (χ0v) is 21.0. The quantitative estimate of drug-likeness (QED) is 0.225. The normalized spacial score (nSPS) is 13.4. The van der Waals surface area contributed by atoms with Gasteiger partial charge in [0.15, 0.2) is 0 Å². The van der Waals surface area contributed by atoms with Gasteiger partial charge in [-0.15, -0.1) is 0 Å². The van der Waals surface area contributed by atoms with Crippen molar-refractivity contribution in [2.24, 2.45) is 0 Å². The van der Waals surface area contributed by atoms with E-state index < -0.39 is 14.7 Å².